The lowest BCUT2D eigenvalue weighted by atomic mass is 10.1. The van der Waals surface area contributed by atoms with Gasteiger partial charge in [0.2, 0.25) is 5.91 Å². The molecule has 1 saturated heterocycles. The van der Waals surface area contributed by atoms with E-state index in [-0.39, 0.29) is 18.3 Å². The van der Waals surface area contributed by atoms with Crippen LogP contribution in [0.1, 0.15) is 31.2 Å². The number of thioether (sulfide) groups is 1. The van der Waals surface area contributed by atoms with Gasteiger partial charge in [-0.25, -0.2) is 0 Å². The van der Waals surface area contributed by atoms with Crippen LogP contribution in [0.25, 0.3) is 0 Å². The Bertz CT molecular complexity index is 553. The molecule has 27 heavy (non-hydrogen) atoms. The first-order valence-electron chi connectivity index (χ1n) is 9.75. The third kappa shape index (κ3) is 9.46. The topological polar surface area (TPSA) is 82.0 Å². The van der Waals surface area contributed by atoms with Gasteiger partial charge in [-0.1, -0.05) is 18.6 Å². The van der Waals surface area contributed by atoms with E-state index in [0.29, 0.717) is 18.9 Å². The average molecular weight is 397 g/mol. The lowest BCUT2D eigenvalue weighted by Crippen LogP contribution is -2.29. The maximum atomic E-state index is 11.7. The quantitative estimate of drug-likeness (QED) is 0.466. The molecule has 0 radical (unpaired) electrons. The Morgan fingerprint density at radius 1 is 1.30 bits per heavy atom. The molecule has 0 aliphatic carbocycles. The Kier molecular flexibility index (Phi) is 10.6. The van der Waals surface area contributed by atoms with Crippen molar-refractivity contribution in [1.82, 2.24) is 10.2 Å². The Morgan fingerprint density at radius 2 is 2.11 bits per heavy atom. The van der Waals surface area contributed by atoms with Crippen LogP contribution in [0.4, 0.5) is 0 Å². The number of piperidine rings is 1. The molecule has 2 rings (SSSR count). The second-order valence-electron chi connectivity index (χ2n) is 6.89. The highest BCUT2D eigenvalue weighted by molar-refractivity contribution is 7.99. The van der Waals surface area contributed by atoms with Crippen LogP contribution in [-0.4, -0.2) is 71.5 Å². The van der Waals surface area contributed by atoms with E-state index >= 15 is 0 Å². The highest BCUT2D eigenvalue weighted by Crippen LogP contribution is 2.17. The van der Waals surface area contributed by atoms with Gasteiger partial charge in [0.15, 0.2) is 0 Å². The summed E-state index contributed by atoms with van der Waals surface area (Å²) in [5.41, 5.74) is 1.28. The second-order valence-corrected chi connectivity index (χ2v) is 7.92. The van der Waals surface area contributed by atoms with Crippen molar-refractivity contribution < 1.29 is 19.7 Å². The maximum absolute atomic E-state index is 11.7. The van der Waals surface area contributed by atoms with E-state index in [9.17, 15) is 9.90 Å². The van der Waals surface area contributed by atoms with E-state index in [1.54, 1.807) is 0 Å². The number of carbonyl (C=O) groups excluding carboxylic acids is 1. The van der Waals surface area contributed by atoms with Crippen LogP contribution >= 0.6 is 11.8 Å². The number of carbonyl (C=O) groups is 1. The van der Waals surface area contributed by atoms with E-state index in [1.165, 1.54) is 49.7 Å². The number of ether oxygens (including phenoxy) is 1. The number of aliphatic hydroxyl groups is 2. The molecule has 1 aliphatic rings. The zero-order valence-corrected chi connectivity index (χ0v) is 16.8. The summed E-state index contributed by atoms with van der Waals surface area (Å²) in [6, 6.07) is 8.26. The van der Waals surface area contributed by atoms with Crippen LogP contribution in [0.2, 0.25) is 0 Å². The summed E-state index contributed by atoms with van der Waals surface area (Å²) in [4.78, 5) is 14.2. The van der Waals surface area contributed by atoms with Crippen molar-refractivity contribution in [2.24, 2.45) is 0 Å². The molecule has 1 amide bonds. The molecular weight excluding hydrogens is 364 g/mol. The predicted octanol–water partition coefficient (Wildman–Crippen LogP) is 1.64. The first-order valence-corrected chi connectivity index (χ1v) is 10.9. The standard InChI is InChI=1S/C20H32N2O4S/c23-14-18(24)15-27-16-20(25)21-8-5-11-26-19-7-4-6-17(12-19)13-22-9-2-1-3-10-22/h4,6-7,12,18,23-24H,1-3,5,8-11,13-16H2,(H,21,25). The van der Waals surface area contributed by atoms with Gasteiger partial charge in [-0.05, 0) is 50.0 Å². The maximum Gasteiger partial charge on any atom is 0.229 e. The van der Waals surface area contributed by atoms with Crippen molar-refractivity contribution in [2.45, 2.75) is 38.3 Å². The minimum absolute atomic E-state index is 0.0614. The van der Waals surface area contributed by atoms with Gasteiger partial charge in [0, 0.05) is 18.8 Å². The summed E-state index contributed by atoms with van der Waals surface area (Å²) in [5, 5.41) is 20.8. The smallest absolute Gasteiger partial charge is 0.229 e. The minimum atomic E-state index is -0.762. The molecule has 0 saturated carbocycles. The van der Waals surface area contributed by atoms with Crippen LogP contribution in [-0.2, 0) is 11.3 Å². The molecule has 0 aromatic heterocycles. The Labute approximate surface area is 166 Å². The molecule has 3 N–H and O–H groups in total. The molecule has 1 aliphatic heterocycles. The van der Waals surface area contributed by atoms with Crippen molar-refractivity contribution in [3.63, 3.8) is 0 Å². The van der Waals surface area contributed by atoms with E-state index in [1.807, 2.05) is 12.1 Å². The SMILES string of the molecule is O=C(CSCC(O)CO)NCCCOc1cccc(CN2CCCCC2)c1. The molecule has 0 spiro atoms. The number of aliphatic hydroxyl groups excluding tert-OH is 2. The van der Waals surface area contributed by atoms with Gasteiger partial charge in [0.25, 0.3) is 0 Å². The van der Waals surface area contributed by atoms with Crippen molar-refractivity contribution >= 4 is 17.7 Å². The van der Waals surface area contributed by atoms with E-state index in [2.05, 4.69) is 22.3 Å². The van der Waals surface area contributed by atoms with E-state index in [0.717, 1.165) is 18.7 Å². The van der Waals surface area contributed by atoms with E-state index in [4.69, 9.17) is 9.84 Å². The molecule has 1 unspecified atom stereocenters. The first-order chi connectivity index (χ1) is 13.2. The molecule has 6 nitrogen and oxygen atoms in total. The van der Waals surface area contributed by atoms with Crippen molar-refractivity contribution in [3.05, 3.63) is 29.8 Å². The summed E-state index contributed by atoms with van der Waals surface area (Å²) in [5.74, 6) is 1.47. The van der Waals surface area contributed by atoms with Gasteiger partial charge in [0.05, 0.1) is 25.1 Å². The summed E-state index contributed by atoms with van der Waals surface area (Å²) in [7, 11) is 0. The van der Waals surface area contributed by atoms with Gasteiger partial charge in [-0.15, -0.1) is 11.8 Å². The fraction of sp³-hybridized carbons (Fsp3) is 0.650. The summed E-state index contributed by atoms with van der Waals surface area (Å²) in [6.45, 7) is 4.20. The Balaban J connectivity index is 1.57. The summed E-state index contributed by atoms with van der Waals surface area (Å²) < 4.78 is 5.81. The van der Waals surface area contributed by atoms with Crippen LogP contribution in [0.3, 0.4) is 0 Å². The summed E-state index contributed by atoms with van der Waals surface area (Å²) in [6.07, 6.45) is 3.91. The summed E-state index contributed by atoms with van der Waals surface area (Å²) >= 11 is 1.31. The lowest BCUT2D eigenvalue weighted by Gasteiger charge is -2.26. The van der Waals surface area contributed by atoms with Crippen molar-refractivity contribution in [1.29, 1.82) is 0 Å². The van der Waals surface area contributed by atoms with Crippen molar-refractivity contribution in [2.75, 3.05) is 44.4 Å². The third-order valence-corrected chi connectivity index (χ3v) is 5.51. The fourth-order valence-corrected chi connectivity index (χ4v) is 3.77. The molecule has 1 atom stereocenters. The highest BCUT2D eigenvalue weighted by Gasteiger charge is 2.10. The molecule has 152 valence electrons. The van der Waals surface area contributed by atoms with Crippen LogP contribution in [0, 0.1) is 0 Å². The number of benzene rings is 1. The van der Waals surface area contributed by atoms with E-state index < -0.39 is 6.10 Å². The average Bonchev–Trinajstić information content (AvgIpc) is 2.68. The molecular formula is C20H32N2O4S. The largest absolute Gasteiger partial charge is 0.494 e. The molecule has 1 aromatic rings. The van der Waals surface area contributed by atoms with Crippen LogP contribution in [0.15, 0.2) is 24.3 Å². The molecule has 1 fully saturated rings. The number of nitrogens with one attached hydrogen (secondary N) is 1. The zero-order valence-electron chi connectivity index (χ0n) is 15.9. The van der Waals surface area contributed by atoms with Gasteiger partial charge < -0.3 is 20.3 Å². The molecule has 7 heteroatoms. The van der Waals surface area contributed by atoms with Crippen LogP contribution in [0.5, 0.6) is 5.75 Å². The van der Waals surface area contributed by atoms with Gasteiger partial charge in [-0.3, -0.25) is 9.69 Å². The number of amides is 1. The van der Waals surface area contributed by atoms with Gasteiger partial charge in [0.1, 0.15) is 5.75 Å². The zero-order chi connectivity index (χ0) is 19.3. The molecule has 0 bridgehead atoms. The predicted molar refractivity (Wildman–Crippen MR) is 109 cm³/mol. The van der Waals surface area contributed by atoms with Crippen LogP contribution < -0.4 is 10.1 Å². The number of nitrogens with zero attached hydrogens (tertiary/aromatic N) is 1. The normalized spacial score (nSPS) is 16.1. The Hall–Kier alpha value is -1.28. The van der Waals surface area contributed by atoms with Gasteiger partial charge in [-0.2, -0.15) is 0 Å². The minimum Gasteiger partial charge on any atom is -0.494 e. The number of hydrogen-bond donors (Lipinski definition) is 3. The third-order valence-electron chi connectivity index (χ3n) is 4.42. The lowest BCUT2D eigenvalue weighted by molar-refractivity contribution is -0.118. The fourth-order valence-electron chi connectivity index (χ4n) is 2.99. The highest BCUT2D eigenvalue weighted by atomic mass is 32.2. The number of hydrogen-bond acceptors (Lipinski definition) is 6. The Morgan fingerprint density at radius 3 is 2.89 bits per heavy atom. The van der Waals surface area contributed by atoms with Crippen molar-refractivity contribution in [3.8, 4) is 5.75 Å². The number of rotatable bonds is 12. The first kappa shape index (κ1) is 22.0. The molecule has 1 aromatic carbocycles. The number of likely N-dealkylation sites (tertiary alicyclic amines) is 1. The second kappa shape index (κ2) is 13.0. The monoisotopic (exact) mass is 396 g/mol. The molecule has 1 heterocycles. The van der Waals surface area contributed by atoms with Gasteiger partial charge >= 0.3 is 0 Å².